The van der Waals surface area contributed by atoms with Gasteiger partial charge in [-0.2, -0.15) is 9.47 Å². The molecule has 140 valence electrons. The number of aryl methyl sites for hydroxylation is 1. The summed E-state index contributed by atoms with van der Waals surface area (Å²) in [5.41, 5.74) is 10.5. The summed E-state index contributed by atoms with van der Waals surface area (Å²) in [5.74, 6) is 1.09. The molecule has 8 nitrogen and oxygen atoms in total. The maximum atomic E-state index is 5.77. The van der Waals surface area contributed by atoms with E-state index >= 15 is 0 Å². The van der Waals surface area contributed by atoms with E-state index in [1.54, 1.807) is 4.68 Å². The molecule has 4 aromatic rings. The van der Waals surface area contributed by atoms with Crippen LogP contribution in [0.2, 0.25) is 0 Å². The van der Waals surface area contributed by atoms with Crippen molar-refractivity contribution in [1.82, 2.24) is 28.5 Å². The quantitative estimate of drug-likeness (QED) is 0.532. The zero-order valence-electron chi connectivity index (χ0n) is 15.5. The lowest BCUT2D eigenvalue weighted by atomic mass is 10.1. The van der Waals surface area contributed by atoms with Crippen molar-refractivity contribution in [3.8, 4) is 11.3 Å². The average molecular weight is 382 g/mol. The van der Waals surface area contributed by atoms with Gasteiger partial charge in [-0.1, -0.05) is 13.8 Å². The zero-order chi connectivity index (χ0) is 19.0. The Balaban J connectivity index is 1.79. The first-order chi connectivity index (χ1) is 13.0. The highest BCUT2D eigenvalue weighted by Crippen LogP contribution is 2.29. The Morgan fingerprint density at radius 1 is 1.26 bits per heavy atom. The SMILES string of the molecule is CC(C)c1cc(Nc2nc(CCN)cn3c(-c4cnn(C)c4)cnc23)sn1. The van der Waals surface area contributed by atoms with E-state index < -0.39 is 0 Å². The van der Waals surface area contributed by atoms with Gasteiger partial charge in [0.25, 0.3) is 0 Å². The first-order valence-corrected chi connectivity index (χ1v) is 9.62. The average Bonchev–Trinajstić information content (AvgIpc) is 3.34. The van der Waals surface area contributed by atoms with Crippen molar-refractivity contribution in [2.45, 2.75) is 26.2 Å². The molecule has 0 aromatic carbocycles. The highest BCUT2D eigenvalue weighted by Gasteiger charge is 2.15. The first-order valence-electron chi connectivity index (χ1n) is 8.85. The van der Waals surface area contributed by atoms with E-state index in [4.69, 9.17) is 10.7 Å². The van der Waals surface area contributed by atoms with Gasteiger partial charge in [0.1, 0.15) is 5.00 Å². The smallest absolute Gasteiger partial charge is 0.180 e. The molecule has 0 bridgehead atoms. The lowest BCUT2D eigenvalue weighted by molar-refractivity contribution is 0.768. The first kappa shape index (κ1) is 17.6. The van der Waals surface area contributed by atoms with E-state index in [0.717, 1.165) is 33.3 Å². The third-order valence-electron chi connectivity index (χ3n) is 4.30. The van der Waals surface area contributed by atoms with Gasteiger partial charge in [0.15, 0.2) is 11.5 Å². The van der Waals surface area contributed by atoms with Crippen LogP contribution >= 0.6 is 11.5 Å². The van der Waals surface area contributed by atoms with Crippen LogP contribution in [0.1, 0.15) is 31.2 Å². The lowest BCUT2D eigenvalue weighted by Gasteiger charge is -2.09. The van der Waals surface area contributed by atoms with E-state index in [1.807, 2.05) is 36.2 Å². The molecule has 9 heteroatoms. The van der Waals surface area contributed by atoms with Crippen LogP contribution in [0.4, 0.5) is 10.8 Å². The highest BCUT2D eigenvalue weighted by molar-refractivity contribution is 7.10. The van der Waals surface area contributed by atoms with Gasteiger partial charge in [0, 0.05) is 31.4 Å². The summed E-state index contributed by atoms with van der Waals surface area (Å²) in [6, 6.07) is 2.06. The predicted molar refractivity (Wildman–Crippen MR) is 107 cm³/mol. The summed E-state index contributed by atoms with van der Waals surface area (Å²) in [7, 11) is 1.90. The molecule has 0 amide bonds. The second-order valence-corrected chi connectivity index (χ2v) is 7.56. The molecule has 0 saturated carbocycles. The summed E-state index contributed by atoms with van der Waals surface area (Å²) in [6.45, 7) is 4.80. The van der Waals surface area contributed by atoms with Crippen LogP contribution in [0, 0.1) is 0 Å². The van der Waals surface area contributed by atoms with Crippen molar-refractivity contribution < 1.29 is 0 Å². The Morgan fingerprint density at radius 3 is 2.78 bits per heavy atom. The zero-order valence-corrected chi connectivity index (χ0v) is 16.4. The summed E-state index contributed by atoms with van der Waals surface area (Å²) in [5, 5.41) is 8.60. The molecule has 0 aliphatic rings. The molecule has 4 aromatic heterocycles. The number of nitrogens with two attached hydrogens (primary N) is 1. The number of fused-ring (bicyclic) bond motifs is 1. The number of nitrogens with zero attached hydrogens (tertiary/aromatic N) is 6. The van der Waals surface area contributed by atoms with Gasteiger partial charge >= 0.3 is 0 Å². The van der Waals surface area contributed by atoms with Crippen LogP contribution in [0.3, 0.4) is 0 Å². The highest BCUT2D eigenvalue weighted by atomic mass is 32.1. The van der Waals surface area contributed by atoms with Crippen molar-refractivity contribution in [3.05, 3.63) is 42.2 Å². The second kappa shape index (κ2) is 7.09. The summed E-state index contributed by atoms with van der Waals surface area (Å²) >= 11 is 1.43. The van der Waals surface area contributed by atoms with Gasteiger partial charge in [0.2, 0.25) is 0 Å². The largest absolute Gasteiger partial charge is 0.330 e. The molecule has 0 aliphatic carbocycles. The Labute approximate surface area is 161 Å². The number of anilines is 2. The van der Waals surface area contributed by atoms with Crippen molar-refractivity contribution in [2.75, 3.05) is 11.9 Å². The molecule has 3 N–H and O–H groups in total. The van der Waals surface area contributed by atoms with Gasteiger partial charge in [-0.05, 0) is 30.1 Å². The van der Waals surface area contributed by atoms with Crippen molar-refractivity contribution in [3.63, 3.8) is 0 Å². The van der Waals surface area contributed by atoms with Gasteiger partial charge in [0.05, 0.1) is 29.5 Å². The normalized spacial score (nSPS) is 11.6. The van der Waals surface area contributed by atoms with Crippen molar-refractivity contribution in [2.24, 2.45) is 12.8 Å². The summed E-state index contributed by atoms with van der Waals surface area (Å²) in [4.78, 5) is 9.33. The van der Waals surface area contributed by atoms with E-state index in [0.29, 0.717) is 24.7 Å². The van der Waals surface area contributed by atoms with Gasteiger partial charge in [-0.25, -0.2) is 9.97 Å². The fraction of sp³-hybridized carbons (Fsp3) is 0.333. The molecule has 0 saturated heterocycles. The molecule has 0 spiro atoms. The van der Waals surface area contributed by atoms with Crippen molar-refractivity contribution >= 4 is 28.0 Å². The van der Waals surface area contributed by atoms with E-state index in [-0.39, 0.29) is 0 Å². The molecule has 0 unspecified atom stereocenters. The van der Waals surface area contributed by atoms with Crippen LogP contribution in [0.15, 0.2) is 30.9 Å². The monoisotopic (exact) mass is 382 g/mol. The summed E-state index contributed by atoms with van der Waals surface area (Å²) < 4.78 is 8.32. The van der Waals surface area contributed by atoms with Crippen LogP contribution in [0.5, 0.6) is 0 Å². The van der Waals surface area contributed by atoms with Crippen LogP contribution < -0.4 is 11.1 Å². The minimum absolute atomic E-state index is 0.386. The molecule has 0 radical (unpaired) electrons. The van der Waals surface area contributed by atoms with Gasteiger partial charge in [-0.3, -0.25) is 9.08 Å². The fourth-order valence-corrected chi connectivity index (χ4v) is 3.68. The number of hydrogen-bond donors (Lipinski definition) is 2. The Hall–Kier alpha value is -2.78. The molecule has 4 rings (SSSR count). The Morgan fingerprint density at radius 2 is 2.11 bits per heavy atom. The molecule has 27 heavy (non-hydrogen) atoms. The Bertz CT molecular complexity index is 1070. The molecule has 4 heterocycles. The number of rotatable bonds is 6. The number of aromatic nitrogens is 6. The molecular formula is C18H22N8S. The third kappa shape index (κ3) is 3.43. The molecular weight excluding hydrogens is 360 g/mol. The maximum absolute atomic E-state index is 5.77. The molecule has 0 fully saturated rings. The lowest BCUT2D eigenvalue weighted by Crippen LogP contribution is -2.08. The minimum atomic E-state index is 0.386. The van der Waals surface area contributed by atoms with Gasteiger partial charge in [-0.15, -0.1) is 0 Å². The second-order valence-electron chi connectivity index (χ2n) is 6.75. The predicted octanol–water partition coefficient (Wildman–Crippen LogP) is 2.95. The molecule has 0 aliphatic heterocycles. The van der Waals surface area contributed by atoms with E-state index in [9.17, 15) is 0 Å². The number of nitrogens with one attached hydrogen (secondary N) is 1. The van der Waals surface area contributed by atoms with Crippen LogP contribution in [-0.4, -0.2) is 35.1 Å². The van der Waals surface area contributed by atoms with Crippen LogP contribution in [0.25, 0.3) is 16.9 Å². The summed E-state index contributed by atoms with van der Waals surface area (Å²) in [6.07, 6.45) is 8.33. The maximum Gasteiger partial charge on any atom is 0.180 e. The third-order valence-corrected chi connectivity index (χ3v) is 5.02. The topological polar surface area (TPSA) is 98.9 Å². The Kier molecular flexibility index (Phi) is 4.63. The van der Waals surface area contributed by atoms with E-state index in [1.165, 1.54) is 11.5 Å². The standard InChI is InChI=1S/C18H22N8S/c1-11(2)14-6-16(27-24-14)23-17-18-20-8-15(12-7-21-25(3)9-12)26(18)10-13(22-17)4-5-19/h6-11H,4-5,19H2,1-3H3,(H,22,23). The molecule has 0 atom stereocenters. The van der Waals surface area contributed by atoms with Crippen molar-refractivity contribution in [1.29, 1.82) is 0 Å². The fourth-order valence-electron chi connectivity index (χ4n) is 2.89. The van der Waals surface area contributed by atoms with Crippen LogP contribution in [-0.2, 0) is 13.5 Å². The minimum Gasteiger partial charge on any atom is -0.330 e. The van der Waals surface area contributed by atoms with E-state index in [2.05, 4.69) is 39.7 Å². The van der Waals surface area contributed by atoms with Gasteiger partial charge < -0.3 is 11.1 Å². The number of imidazole rings is 1. The number of hydrogen-bond acceptors (Lipinski definition) is 7.